The van der Waals surface area contributed by atoms with Gasteiger partial charge < -0.3 is 20.4 Å². The van der Waals surface area contributed by atoms with Gasteiger partial charge in [-0.2, -0.15) is 0 Å². The van der Waals surface area contributed by atoms with Crippen molar-refractivity contribution < 1.29 is 20.4 Å². The highest BCUT2D eigenvalue weighted by atomic mass is 16.3. The maximum absolute atomic E-state index is 8.50. The lowest BCUT2D eigenvalue weighted by Crippen LogP contribution is -2.37. The van der Waals surface area contributed by atoms with Gasteiger partial charge in [-0.15, -0.1) is 0 Å². The summed E-state index contributed by atoms with van der Waals surface area (Å²) in [7, 11) is 0. The monoisotopic (exact) mass is 276 g/mol. The summed E-state index contributed by atoms with van der Waals surface area (Å²) in [6, 6.07) is 0. The minimum Gasteiger partial charge on any atom is -0.396 e. The van der Waals surface area contributed by atoms with Gasteiger partial charge in [0.1, 0.15) is 0 Å². The molecule has 0 aromatic carbocycles. The summed E-state index contributed by atoms with van der Waals surface area (Å²) in [5.41, 5.74) is -1.11. The van der Waals surface area contributed by atoms with Crippen molar-refractivity contribution >= 4 is 0 Å². The van der Waals surface area contributed by atoms with E-state index in [0.717, 1.165) is 12.8 Å². The molecule has 0 unspecified atom stereocenters. The maximum atomic E-state index is 8.50. The average Bonchev–Trinajstić information content (AvgIpc) is 2.45. The van der Waals surface area contributed by atoms with Crippen LogP contribution in [0.2, 0.25) is 0 Å². The number of aliphatic hydroxyl groups is 4. The second-order valence-electron chi connectivity index (χ2n) is 4.09. The third-order valence-corrected chi connectivity index (χ3v) is 2.28. The van der Waals surface area contributed by atoms with Crippen molar-refractivity contribution in [2.75, 3.05) is 26.4 Å². The summed E-state index contributed by atoms with van der Waals surface area (Å²) in [5, 5.41) is 34.0. The molecule has 0 bridgehead atoms. The van der Waals surface area contributed by atoms with E-state index in [-0.39, 0.29) is 0 Å². The summed E-state index contributed by atoms with van der Waals surface area (Å²) in [5.74, 6) is 0. The van der Waals surface area contributed by atoms with E-state index in [1.165, 1.54) is 0 Å². The van der Waals surface area contributed by atoms with Crippen LogP contribution in [0.25, 0.3) is 0 Å². The van der Waals surface area contributed by atoms with Crippen molar-refractivity contribution in [3.8, 4) is 0 Å². The van der Waals surface area contributed by atoms with E-state index >= 15 is 0 Å². The molecule has 0 radical (unpaired) electrons. The first-order chi connectivity index (χ1) is 9.07. The summed E-state index contributed by atoms with van der Waals surface area (Å²) in [6.45, 7) is 6.69. The molecule has 4 heteroatoms. The zero-order valence-electron chi connectivity index (χ0n) is 12.8. The Morgan fingerprint density at radius 2 is 0.947 bits per heavy atom. The summed E-state index contributed by atoms with van der Waals surface area (Å²) < 4.78 is 0. The lowest BCUT2D eigenvalue weighted by molar-refractivity contribution is -0.0328. The zero-order chi connectivity index (χ0) is 15.6. The second-order valence-corrected chi connectivity index (χ2v) is 4.09. The molecule has 19 heavy (non-hydrogen) atoms. The van der Waals surface area contributed by atoms with Crippen molar-refractivity contribution in [2.24, 2.45) is 5.41 Å². The van der Waals surface area contributed by atoms with E-state index in [0.29, 0.717) is 0 Å². The molecule has 0 aliphatic heterocycles. The molecular weight excluding hydrogens is 244 g/mol. The van der Waals surface area contributed by atoms with Crippen molar-refractivity contribution in [1.29, 1.82) is 0 Å². The second kappa shape index (κ2) is 19.7. The van der Waals surface area contributed by atoms with Crippen molar-refractivity contribution in [3.05, 3.63) is 24.3 Å². The smallest absolute Gasteiger partial charge is 0.0627 e. The number of allylic oxidation sites excluding steroid dienone is 4. The van der Waals surface area contributed by atoms with Crippen LogP contribution in [0.1, 0.15) is 40.5 Å². The highest BCUT2D eigenvalue weighted by Gasteiger charge is 2.26. The predicted octanol–water partition coefficient (Wildman–Crippen LogP) is 1.89. The minimum absolute atomic E-state index is 0.406. The Morgan fingerprint density at radius 3 is 0.947 bits per heavy atom. The van der Waals surface area contributed by atoms with E-state index in [4.69, 9.17) is 20.4 Å². The first kappa shape index (κ1) is 23.4. The lowest BCUT2D eigenvalue weighted by atomic mass is 9.93. The Morgan fingerprint density at radius 1 is 0.684 bits per heavy atom. The lowest BCUT2D eigenvalue weighted by Gasteiger charge is -2.23. The van der Waals surface area contributed by atoms with E-state index in [1.807, 2.05) is 13.8 Å². The van der Waals surface area contributed by atoms with E-state index in [1.54, 1.807) is 0 Å². The molecule has 0 aliphatic rings. The molecule has 0 amide bonds. The maximum Gasteiger partial charge on any atom is 0.0627 e. The molecule has 0 saturated heterocycles. The van der Waals surface area contributed by atoms with Gasteiger partial charge in [0.15, 0.2) is 0 Å². The fourth-order valence-corrected chi connectivity index (χ4v) is 0.771. The third-order valence-electron chi connectivity index (χ3n) is 2.28. The summed E-state index contributed by atoms with van der Waals surface area (Å²) >= 11 is 0. The van der Waals surface area contributed by atoms with E-state index in [2.05, 4.69) is 38.2 Å². The first-order valence-corrected chi connectivity index (χ1v) is 6.73. The Hall–Kier alpha value is -0.680. The molecule has 0 aliphatic carbocycles. The molecule has 4 nitrogen and oxygen atoms in total. The van der Waals surface area contributed by atoms with Gasteiger partial charge in [0.2, 0.25) is 0 Å². The standard InChI is InChI=1S/C5H12O4.2C5H10/c6-1-5(2-7,3-8)4-9;2*1-3-5-4-2/h6-9H,1-4H2;2*3,5H,4H2,1-2H3. The molecule has 0 aromatic heterocycles. The zero-order valence-corrected chi connectivity index (χ0v) is 12.8. The molecule has 0 heterocycles. The van der Waals surface area contributed by atoms with Crippen molar-refractivity contribution in [3.63, 3.8) is 0 Å². The van der Waals surface area contributed by atoms with Crippen LogP contribution in [0, 0.1) is 5.41 Å². The van der Waals surface area contributed by atoms with Crippen LogP contribution < -0.4 is 0 Å². The fourth-order valence-electron chi connectivity index (χ4n) is 0.771. The van der Waals surface area contributed by atoms with Gasteiger partial charge in [-0.3, -0.25) is 0 Å². The number of hydrogen-bond acceptors (Lipinski definition) is 4. The van der Waals surface area contributed by atoms with Gasteiger partial charge >= 0.3 is 0 Å². The van der Waals surface area contributed by atoms with Crippen LogP contribution in [-0.2, 0) is 0 Å². The van der Waals surface area contributed by atoms with Crippen LogP contribution in [0.4, 0.5) is 0 Å². The normalized spacial score (nSPS) is 10.9. The Kier molecular flexibility index (Phi) is 24.2. The summed E-state index contributed by atoms with van der Waals surface area (Å²) in [4.78, 5) is 0. The molecule has 0 fully saturated rings. The van der Waals surface area contributed by atoms with E-state index in [9.17, 15) is 0 Å². The molecule has 116 valence electrons. The fraction of sp³-hybridized carbons (Fsp3) is 0.733. The molecule has 0 rings (SSSR count). The number of aliphatic hydroxyl groups excluding tert-OH is 4. The topological polar surface area (TPSA) is 80.9 Å². The van der Waals surface area contributed by atoms with Gasteiger partial charge in [-0.25, -0.2) is 0 Å². The number of rotatable bonds is 6. The third kappa shape index (κ3) is 17.3. The Balaban J connectivity index is -0.000000219. The van der Waals surface area contributed by atoms with Crippen molar-refractivity contribution in [2.45, 2.75) is 40.5 Å². The van der Waals surface area contributed by atoms with Crippen molar-refractivity contribution in [1.82, 2.24) is 0 Å². The van der Waals surface area contributed by atoms with Gasteiger partial charge in [-0.05, 0) is 26.7 Å². The largest absolute Gasteiger partial charge is 0.396 e. The predicted molar refractivity (Wildman–Crippen MR) is 81.0 cm³/mol. The van der Waals surface area contributed by atoms with E-state index < -0.39 is 31.8 Å². The minimum atomic E-state index is -1.11. The molecule has 0 atom stereocenters. The van der Waals surface area contributed by atoms with Crippen LogP contribution in [-0.4, -0.2) is 46.9 Å². The quantitative estimate of drug-likeness (QED) is 0.558. The highest BCUT2D eigenvalue weighted by Crippen LogP contribution is 2.11. The van der Waals surface area contributed by atoms with Crippen LogP contribution in [0.5, 0.6) is 0 Å². The molecule has 0 aromatic rings. The SMILES string of the molecule is CC=CCC.CC=CCC.OCC(CO)(CO)CO. The average molecular weight is 276 g/mol. The van der Waals surface area contributed by atoms with Crippen LogP contribution in [0.3, 0.4) is 0 Å². The number of hydrogen-bond donors (Lipinski definition) is 4. The van der Waals surface area contributed by atoms with Crippen LogP contribution >= 0.6 is 0 Å². The van der Waals surface area contributed by atoms with Gasteiger partial charge in [0.05, 0.1) is 31.8 Å². The molecule has 4 N–H and O–H groups in total. The van der Waals surface area contributed by atoms with Gasteiger partial charge in [0, 0.05) is 0 Å². The van der Waals surface area contributed by atoms with Gasteiger partial charge in [0.25, 0.3) is 0 Å². The molecule has 0 saturated carbocycles. The highest BCUT2D eigenvalue weighted by molar-refractivity contribution is 4.75. The first-order valence-electron chi connectivity index (χ1n) is 6.73. The summed E-state index contributed by atoms with van der Waals surface area (Å²) in [6.07, 6.45) is 10.7. The molecule has 0 spiro atoms. The Bertz CT molecular complexity index is 167. The Labute approximate surface area is 118 Å². The van der Waals surface area contributed by atoms with Crippen LogP contribution in [0.15, 0.2) is 24.3 Å². The van der Waals surface area contributed by atoms with Gasteiger partial charge in [-0.1, -0.05) is 38.2 Å². The molecular formula is C15H32O4.